The number of fused-ring (bicyclic) bond motifs is 2. The number of rotatable bonds is 4. The standard InChI is InChI=1S/C29H17N3O5/c33-25(30-24-13-7-6-10-19(24)17-8-2-1-3-9-17)18-14-15-22-23(16-18)29(37)32(28(22)36)31-26(34)20-11-4-5-12-21(20)27(31)35/h1-16H,(H,30,33). The zero-order chi connectivity index (χ0) is 25.7. The van der Waals surface area contributed by atoms with Crippen molar-refractivity contribution < 1.29 is 24.0 Å². The van der Waals surface area contributed by atoms with Crippen molar-refractivity contribution in [3.8, 4) is 11.1 Å². The molecule has 0 radical (unpaired) electrons. The van der Waals surface area contributed by atoms with Gasteiger partial charge in [-0.15, -0.1) is 0 Å². The number of anilines is 1. The topological polar surface area (TPSA) is 104 Å². The highest BCUT2D eigenvalue weighted by atomic mass is 16.2. The van der Waals surface area contributed by atoms with E-state index in [1.165, 1.54) is 30.3 Å². The van der Waals surface area contributed by atoms with E-state index in [9.17, 15) is 24.0 Å². The van der Waals surface area contributed by atoms with E-state index in [2.05, 4.69) is 5.32 Å². The molecule has 37 heavy (non-hydrogen) atoms. The molecule has 0 atom stereocenters. The lowest BCUT2D eigenvalue weighted by atomic mass is 10.0. The number of benzene rings is 4. The number of carbonyl (C=O) groups is 5. The number of amides is 5. The lowest BCUT2D eigenvalue weighted by Gasteiger charge is -2.23. The summed E-state index contributed by atoms with van der Waals surface area (Å²) < 4.78 is 0. The number of nitrogens with one attached hydrogen (secondary N) is 1. The predicted octanol–water partition coefficient (Wildman–Crippen LogP) is 4.41. The van der Waals surface area contributed by atoms with Gasteiger partial charge in [-0.1, -0.05) is 60.7 Å². The fourth-order valence-corrected chi connectivity index (χ4v) is 4.57. The molecule has 4 aromatic carbocycles. The van der Waals surface area contributed by atoms with Crippen LogP contribution in [0.4, 0.5) is 5.69 Å². The maximum absolute atomic E-state index is 13.2. The second kappa shape index (κ2) is 8.39. The zero-order valence-corrected chi connectivity index (χ0v) is 19.2. The second-order valence-electron chi connectivity index (χ2n) is 8.52. The minimum absolute atomic E-state index is 0.00259. The zero-order valence-electron chi connectivity index (χ0n) is 19.2. The molecule has 2 heterocycles. The average Bonchev–Trinajstić information content (AvgIpc) is 3.33. The molecule has 0 aliphatic carbocycles. The summed E-state index contributed by atoms with van der Waals surface area (Å²) in [4.78, 5) is 65.2. The fourth-order valence-electron chi connectivity index (χ4n) is 4.57. The molecule has 1 N–H and O–H groups in total. The molecule has 0 aromatic heterocycles. The number of hydrazine groups is 1. The Hall–Kier alpha value is -5.37. The van der Waals surface area contributed by atoms with Crippen LogP contribution in [0.25, 0.3) is 11.1 Å². The highest BCUT2D eigenvalue weighted by molar-refractivity contribution is 6.28. The van der Waals surface area contributed by atoms with Crippen molar-refractivity contribution in [2.75, 3.05) is 5.32 Å². The van der Waals surface area contributed by atoms with Gasteiger partial charge < -0.3 is 5.32 Å². The molecular weight excluding hydrogens is 470 g/mol. The highest BCUT2D eigenvalue weighted by Crippen LogP contribution is 2.32. The van der Waals surface area contributed by atoms with Gasteiger partial charge in [0.1, 0.15) is 0 Å². The highest BCUT2D eigenvalue weighted by Gasteiger charge is 2.48. The van der Waals surface area contributed by atoms with Crippen LogP contribution in [0.3, 0.4) is 0 Å². The van der Waals surface area contributed by atoms with E-state index in [0.717, 1.165) is 11.1 Å². The predicted molar refractivity (Wildman–Crippen MR) is 134 cm³/mol. The largest absolute Gasteiger partial charge is 0.321 e. The van der Waals surface area contributed by atoms with Crippen molar-refractivity contribution in [3.63, 3.8) is 0 Å². The van der Waals surface area contributed by atoms with E-state index < -0.39 is 29.5 Å². The Labute approximate surface area is 210 Å². The van der Waals surface area contributed by atoms with E-state index in [-0.39, 0.29) is 27.8 Å². The summed E-state index contributed by atoms with van der Waals surface area (Å²) >= 11 is 0. The molecule has 0 unspecified atom stereocenters. The van der Waals surface area contributed by atoms with Gasteiger partial charge in [0.25, 0.3) is 29.5 Å². The Morgan fingerprint density at radius 3 is 1.62 bits per heavy atom. The van der Waals surface area contributed by atoms with Crippen LogP contribution >= 0.6 is 0 Å². The van der Waals surface area contributed by atoms with Crippen molar-refractivity contribution >= 4 is 35.2 Å². The number of hydrogen-bond donors (Lipinski definition) is 1. The monoisotopic (exact) mass is 487 g/mol. The summed E-state index contributed by atoms with van der Waals surface area (Å²) in [6.45, 7) is 0. The van der Waals surface area contributed by atoms with Crippen molar-refractivity contribution in [1.29, 1.82) is 0 Å². The van der Waals surface area contributed by atoms with Crippen LogP contribution in [0.5, 0.6) is 0 Å². The van der Waals surface area contributed by atoms with Crippen LogP contribution in [-0.2, 0) is 0 Å². The third-order valence-corrected chi connectivity index (χ3v) is 6.36. The Balaban J connectivity index is 1.29. The van der Waals surface area contributed by atoms with Crippen molar-refractivity contribution in [1.82, 2.24) is 10.0 Å². The summed E-state index contributed by atoms with van der Waals surface area (Å²) in [6.07, 6.45) is 0. The minimum Gasteiger partial charge on any atom is -0.321 e. The lowest BCUT2D eigenvalue weighted by molar-refractivity contribution is 0.00845. The van der Waals surface area contributed by atoms with Gasteiger partial charge in [-0.3, -0.25) is 24.0 Å². The van der Waals surface area contributed by atoms with Gasteiger partial charge in [0.05, 0.1) is 22.3 Å². The molecule has 2 aliphatic rings. The van der Waals surface area contributed by atoms with Gasteiger partial charge in [-0.25, -0.2) is 0 Å². The van der Waals surface area contributed by atoms with Crippen LogP contribution in [0.1, 0.15) is 51.8 Å². The third kappa shape index (κ3) is 3.42. The van der Waals surface area contributed by atoms with E-state index in [1.807, 2.05) is 42.5 Å². The maximum Gasteiger partial charge on any atom is 0.281 e. The van der Waals surface area contributed by atoms with Crippen LogP contribution in [0.15, 0.2) is 97.1 Å². The molecule has 4 aromatic rings. The Morgan fingerprint density at radius 2 is 1.00 bits per heavy atom. The van der Waals surface area contributed by atoms with Crippen LogP contribution in [0, 0.1) is 0 Å². The van der Waals surface area contributed by atoms with Crippen molar-refractivity contribution in [2.24, 2.45) is 0 Å². The summed E-state index contributed by atoms with van der Waals surface area (Å²) in [5, 5.41) is 3.97. The Kier molecular flexibility index (Phi) is 5.01. The summed E-state index contributed by atoms with van der Waals surface area (Å²) in [5.74, 6) is -3.66. The van der Waals surface area contributed by atoms with Gasteiger partial charge in [0.2, 0.25) is 0 Å². The molecule has 0 spiro atoms. The number of imide groups is 2. The van der Waals surface area contributed by atoms with Crippen molar-refractivity contribution in [2.45, 2.75) is 0 Å². The molecule has 8 heteroatoms. The fraction of sp³-hybridized carbons (Fsp3) is 0. The molecule has 0 saturated heterocycles. The molecule has 0 fully saturated rings. The molecule has 5 amide bonds. The van der Waals surface area contributed by atoms with Gasteiger partial charge in [-0.2, -0.15) is 10.0 Å². The van der Waals surface area contributed by atoms with E-state index in [0.29, 0.717) is 15.7 Å². The normalized spacial score (nSPS) is 14.2. The summed E-state index contributed by atoms with van der Waals surface area (Å²) in [7, 11) is 0. The van der Waals surface area contributed by atoms with Gasteiger partial charge in [0, 0.05) is 16.8 Å². The Bertz CT molecular complexity index is 1630. The number of carbonyl (C=O) groups excluding carboxylic acids is 5. The number of hydrogen-bond acceptors (Lipinski definition) is 5. The van der Waals surface area contributed by atoms with Gasteiger partial charge >= 0.3 is 0 Å². The molecule has 6 rings (SSSR count). The first kappa shape index (κ1) is 22.1. The van der Waals surface area contributed by atoms with Crippen LogP contribution in [0.2, 0.25) is 0 Å². The average molecular weight is 487 g/mol. The molecule has 8 nitrogen and oxygen atoms in total. The first-order valence-corrected chi connectivity index (χ1v) is 11.4. The molecule has 2 aliphatic heterocycles. The van der Waals surface area contributed by atoms with E-state index >= 15 is 0 Å². The van der Waals surface area contributed by atoms with Gasteiger partial charge in [0.15, 0.2) is 0 Å². The summed E-state index contributed by atoms with van der Waals surface area (Å²) in [5.41, 5.74) is 2.63. The first-order chi connectivity index (χ1) is 18.0. The Morgan fingerprint density at radius 1 is 0.514 bits per heavy atom. The third-order valence-electron chi connectivity index (χ3n) is 6.36. The second-order valence-corrected chi connectivity index (χ2v) is 8.52. The minimum atomic E-state index is -0.853. The molecule has 0 saturated carbocycles. The smallest absolute Gasteiger partial charge is 0.281 e. The summed E-state index contributed by atoms with van der Waals surface area (Å²) in [6, 6.07) is 27.1. The number of nitrogens with zero attached hydrogens (tertiary/aromatic N) is 2. The maximum atomic E-state index is 13.2. The van der Waals surface area contributed by atoms with Gasteiger partial charge in [-0.05, 0) is 42.0 Å². The molecule has 0 bridgehead atoms. The van der Waals surface area contributed by atoms with Crippen molar-refractivity contribution in [3.05, 3.63) is 125 Å². The lowest BCUT2D eigenvalue weighted by Crippen LogP contribution is -2.49. The number of para-hydroxylation sites is 1. The van der Waals surface area contributed by atoms with Crippen LogP contribution in [-0.4, -0.2) is 39.6 Å². The first-order valence-electron chi connectivity index (χ1n) is 11.4. The molecular formula is C29H17N3O5. The SMILES string of the molecule is O=C(Nc1ccccc1-c1ccccc1)c1ccc2c(c1)C(=O)N(N1C(=O)c3ccccc3C1=O)C2=O. The van der Waals surface area contributed by atoms with Crippen LogP contribution < -0.4 is 5.32 Å². The van der Waals surface area contributed by atoms with E-state index in [4.69, 9.17) is 0 Å². The van der Waals surface area contributed by atoms with E-state index in [1.54, 1.807) is 24.3 Å². The molecule has 178 valence electrons. The quantitative estimate of drug-likeness (QED) is 0.430.